The number of aryl methyl sites for hydroxylation is 1. The van der Waals surface area contributed by atoms with Crippen molar-refractivity contribution in [3.8, 4) is 11.1 Å². The van der Waals surface area contributed by atoms with Crippen molar-refractivity contribution >= 4 is 11.6 Å². The van der Waals surface area contributed by atoms with E-state index in [2.05, 4.69) is 29.5 Å². The Morgan fingerprint density at radius 1 is 1.35 bits per heavy atom. The Bertz CT molecular complexity index is 505. The predicted molar refractivity (Wildman–Crippen MR) is 71.1 cm³/mol. The number of aromatic nitrogens is 2. The minimum atomic E-state index is 0.785. The molecular formula is C13H16ClN3. The minimum Gasteiger partial charge on any atom is -0.316 e. The first-order valence-electron chi connectivity index (χ1n) is 5.70. The maximum atomic E-state index is 6.23. The van der Waals surface area contributed by atoms with E-state index in [1.54, 1.807) is 0 Å². The summed E-state index contributed by atoms with van der Waals surface area (Å²) >= 11 is 6.23. The van der Waals surface area contributed by atoms with Crippen LogP contribution < -0.4 is 5.32 Å². The Kier molecular flexibility index (Phi) is 3.82. The second-order valence-corrected chi connectivity index (χ2v) is 4.33. The van der Waals surface area contributed by atoms with Gasteiger partial charge in [0.05, 0.1) is 6.20 Å². The molecule has 1 N–H and O–H groups in total. The van der Waals surface area contributed by atoms with Crippen LogP contribution in [0.2, 0.25) is 5.02 Å². The lowest BCUT2D eigenvalue weighted by Gasteiger charge is -2.05. The third kappa shape index (κ3) is 2.68. The summed E-state index contributed by atoms with van der Waals surface area (Å²) in [5.41, 5.74) is 3.32. The van der Waals surface area contributed by atoms with Crippen molar-refractivity contribution in [1.82, 2.24) is 15.1 Å². The fourth-order valence-corrected chi connectivity index (χ4v) is 1.99. The Labute approximate surface area is 106 Å². The van der Waals surface area contributed by atoms with Crippen molar-refractivity contribution in [2.24, 2.45) is 0 Å². The number of halogens is 1. The molecule has 3 nitrogen and oxygen atoms in total. The average Bonchev–Trinajstić information content (AvgIpc) is 2.80. The number of hydrogen-bond acceptors (Lipinski definition) is 2. The summed E-state index contributed by atoms with van der Waals surface area (Å²) in [6.07, 6.45) is 3.90. The van der Waals surface area contributed by atoms with Gasteiger partial charge in [-0.25, -0.2) is 0 Å². The number of rotatable bonds is 4. The monoisotopic (exact) mass is 249 g/mol. The molecule has 0 aliphatic heterocycles. The average molecular weight is 250 g/mol. The van der Waals surface area contributed by atoms with Gasteiger partial charge in [0.1, 0.15) is 0 Å². The summed E-state index contributed by atoms with van der Waals surface area (Å²) in [4.78, 5) is 0. The van der Waals surface area contributed by atoms with E-state index >= 15 is 0 Å². The third-order valence-electron chi connectivity index (χ3n) is 2.71. The summed E-state index contributed by atoms with van der Waals surface area (Å²) in [5, 5.41) is 8.15. The van der Waals surface area contributed by atoms with E-state index < -0.39 is 0 Å². The molecule has 90 valence electrons. The summed E-state index contributed by atoms with van der Waals surface area (Å²) in [7, 11) is 1.91. The lowest BCUT2D eigenvalue weighted by Crippen LogP contribution is -2.05. The lowest BCUT2D eigenvalue weighted by atomic mass is 10.1. The highest BCUT2D eigenvalue weighted by molar-refractivity contribution is 6.31. The van der Waals surface area contributed by atoms with Crippen LogP contribution in [0.25, 0.3) is 11.1 Å². The molecule has 0 radical (unpaired) electrons. The van der Waals surface area contributed by atoms with E-state index in [0.717, 1.165) is 34.8 Å². The summed E-state index contributed by atoms with van der Waals surface area (Å²) in [6.45, 7) is 3.73. The largest absolute Gasteiger partial charge is 0.316 e. The van der Waals surface area contributed by atoms with E-state index in [1.165, 1.54) is 0 Å². The van der Waals surface area contributed by atoms with Crippen LogP contribution in [0.5, 0.6) is 0 Å². The molecule has 0 saturated carbocycles. The topological polar surface area (TPSA) is 29.9 Å². The van der Waals surface area contributed by atoms with Crippen molar-refractivity contribution in [1.29, 1.82) is 0 Å². The van der Waals surface area contributed by atoms with E-state index in [1.807, 2.05) is 30.2 Å². The first-order valence-corrected chi connectivity index (χ1v) is 6.08. The van der Waals surface area contributed by atoms with Crippen LogP contribution in [-0.4, -0.2) is 16.8 Å². The molecule has 0 fully saturated rings. The van der Waals surface area contributed by atoms with Crippen LogP contribution >= 0.6 is 11.6 Å². The fraction of sp³-hybridized carbons (Fsp3) is 0.308. The lowest BCUT2D eigenvalue weighted by molar-refractivity contribution is 0.660. The molecule has 1 aromatic heterocycles. The Morgan fingerprint density at radius 3 is 2.76 bits per heavy atom. The highest BCUT2D eigenvalue weighted by Crippen LogP contribution is 2.25. The molecule has 0 saturated heterocycles. The number of nitrogens with zero attached hydrogens (tertiary/aromatic N) is 2. The molecular weight excluding hydrogens is 234 g/mol. The Morgan fingerprint density at radius 2 is 2.18 bits per heavy atom. The summed E-state index contributed by atoms with van der Waals surface area (Å²) < 4.78 is 1.91. The van der Waals surface area contributed by atoms with Crippen LogP contribution in [0.4, 0.5) is 0 Å². The van der Waals surface area contributed by atoms with Crippen molar-refractivity contribution in [2.45, 2.75) is 20.0 Å². The molecule has 17 heavy (non-hydrogen) atoms. The first-order chi connectivity index (χ1) is 8.24. The minimum absolute atomic E-state index is 0.785. The van der Waals surface area contributed by atoms with Crippen LogP contribution in [0.1, 0.15) is 12.5 Å². The number of hydrogen-bond donors (Lipinski definition) is 1. The number of nitrogens with one attached hydrogen (secondary N) is 1. The molecule has 0 amide bonds. The Hall–Kier alpha value is -1.32. The molecule has 0 aliphatic rings. The van der Waals surface area contributed by atoms with Gasteiger partial charge in [0.2, 0.25) is 0 Å². The van der Waals surface area contributed by atoms with Gasteiger partial charge in [-0.15, -0.1) is 0 Å². The molecule has 0 atom stereocenters. The van der Waals surface area contributed by atoms with E-state index in [9.17, 15) is 0 Å². The second-order valence-electron chi connectivity index (χ2n) is 3.92. The molecule has 0 spiro atoms. The molecule has 0 bridgehead atoms. The van der Waals surface area contributed by atoms with E-state index in [0.29, 0.717) is 0 Å². The van der Waals surface area contributed by atoms with Crippen molar-refractivity contribution < 1.29 is 0 Å². The second kappa shape index (κ2) is 5.34. The van der Waals surface area contributed by atoms with Crippen LogP contribution in [0.3, 0.4) is 0 Å². The van der Waals surface area contributed by atoms with E-state index in [4.69, 9.17) is 11.6 Å². The van der Waals surface area contributed by atoms with E-state index in [-0.39, 0.29) is 0 Å². The maximum absolute atomic E-state index is 6.23. The SMILES string of the molecule is CCn1cc(-c2ccc(CNC)c(Cl)c2)cn1. The molecule has 1 aromatic carbocycles. The van der Waals surface area contributed by atoms with Crippen molar-refractivity contribution in [3.05, 3.63) is 41.2 Å². The molecule has 0 aliphatic carbocycles. The zero-order valence-electron chi connectivity index (χ0n) is 10.1. The first kappa shape index (κ1) is 12.1. The molecule has 1 heterocycles. The van der Waals surface area contributed by atoms with Gasteiger partial charge < -0.3 is 5.32 Å². The smallest absolute Gasteiger partial charge is 0.0568 e. The molecule has 0 unspecified atom stereocenters. The van der Waals surface area contributed by atoms with Gasteiger partial charge in [-0.3, -0.25) is 4.68 Å². The number of benzene rings is 1. The van der Waals surface area contributed by atoms with Crippen molar-refractivity contribution in [3.63, 3.8) is 0 Å². The maximum Gasteiger partial charge on any atom is 0.0568 e. The third-order valence-corrected chi connectivity index (χ3v) is 3.06. The van der Waals surface area contributed by atoms with Crippen molar-refractivity contribution in [2.75, 3.05) is 7.05 Å². The predicted octanol–water partition coefficient (Wildman–Crippen LogP) is 2.94. The highest BCUT2D eigenvalue weighted by atomic mass is 35.5. The van der Waals surface area contributed by atoms with Gasteiger partial charge in [0.15, 0.2) is 0 Å². The summed E-state index contributed by atoms with van der Waals surface area (Å²) in [6, 6.07) is 6.12. The quantitative estimate of drug-likeness (QED) is 0.903. The zero-order valence-corrected chi connectivity index (χ0v) is 10.8. The fourth-order valence-electron chi connectivity index (χ4n) is 1.75. The van der Waals surface area contributed by atoms with Gasteiger partial charge in [-0.2, -0.15) is 5.10 Å². The van der Waals surface area contributed by atoms with Gasteiger partial charge >= 0.3 is 0 Å². The van der Waals surface area contributed by atoms with Crippen LogP contribution in [0.15, 0.2) is 30.6 Å². The Balaban J connectivity index is 2.30. The molecule has 2 rings (SSSR count). The zero-order chi connectivity index (χ0) is 12.3. The van der Waals surface area contributed by atoms with Gasteiger partial charge in [0.25, 0.3) is 0 Å². The normalized spacial score (nSPS) is 10.8. The molecule has 4 heteroatoms. The van der Waals surface area contributed by atoms with Gasteiger partial charge in [0, 0.05) is 29.9 Å². The highest BCUT2D eigenvalue weighted by Gasteiger charge is 2.05. The van der Waals surface area contributed by atoms with Gasteiger partial charge in [-0.05, 0) is 31.2 Å². The standard InChI is InChI=1S/C13H16ClN3/c1-3-17-9-12(8-16-17)10-4-5-11(7-15-2)13(14)6-10/h4-6,8-9,15H,3,7H2,1-2H3. The van der Waals surface area contributed by atoms with Gasteiger partial charge in [-0.1, -0.05) is 23.7 Å². The van der Waals surface area contributed by atoms with Crippen LogP contribution in [-0.2, 0) is 13.1 Å². The summed E-state index contributed by atoms with van der Waals surface area (Å²) in [5.74, 6) is 0. The molecule has 2 aromatic rings. The van der Waals surface area contributed by atoms with Crippen LogP contribution in [0, 0.1) is 0 Å².